The van der Waals surface area contributed by atoms with Gasteiger partial charge in [0.1, 0.15) is 5.75 Å². The van der Waals surface area contributed by atoms with Crippen molar-refractivity contribution in [2.24, 2.45) is 0 Å². The van der Waals surface area contributed by atoms with Crippen molar-refractivity contribution in [2.45, 2.75) is 6.54 Å². The van der Waals surface area contributed by atoms with Crippen LogP contribution in [0.5, 0.6) is 5.75 Å². The fourth-order valence-corrected chi connectivity index (χ4v) is 3.05. The average molecular weight is 351 g/mol. The van der Waals surface area contributed by atoms with Crippen LogP contribution in [0.15, 0.2) is 40.2 Å². The van der Waals surface area contributed by atoms with E-state index in [-0.39, 0.29) is 0 Å². The zero-order chi connectivity index (χ0) is 13.9. The first-order valence-corrected chi connectivity index (χ1v) is 7.52. The molecule has 0 aliphatic heterocycles. The van der Waals surface area contributed by atoms with Gasteiger partial charge >= 0.3 is 0 Å². The molecule has 2 heterocycles. The molecule has 0 bridgehead atoms. The molecule has 0 fully saturated rings. The van der Waals surface area contributed by atoms with Crippen molar-refractivity contribution in [1.29, 1.82) is 0 Å². The van der Waals surface area contributed by atoms with Gasteiger partial charge < -0.3 is 4.74 Å². The predicted molar refractivity (Wildman–Crippen MR) is 80.9 cm³/mol. The molecule has 7 heteroatoms. The summed E-state index contributed by atoms with van der Waals surface area (Å²) in [5.74, 6) is 1.48. The van der Waals surface area contributed by atoms with Crippen molar-refractivity contribution in [3.05, 3.63) is 45.7 Å². The Balaban J connectivity index is 1.76. The van der Waals surface area contributed by atoms with Crippen LogP contribution < -0.4 is 4.74 Å². The number of hydrogen-bond donors (Lipinski definition) is 0. The fourth-order valence-electron chi connectivity index (χ4n) is 1.74. The number of aromatic nitrogens is 4. The molecule has 3 aromatic rings. The van der Waals surface area contributed by atoms with Crippen molar-refractivity contribution < 1.29 is 4.74 Å². The Labute approximate surface area is 128 Å². The third-order valence-electron chi connectivity index (χ3n) is 2.73. The van der Waals surface area contributed by atoms with E-state index < -0.39 is 0 Å². The summed E-state index contributed by atoms with van der Waals surface area (Å²) >= 11 is 5.01. The van der Waals surface area contributed by atoms with Crippen LogP contribution in [-0.2, 0) is 6.54 Å². The molecule has 20 heavy (non-hydrogen) atoms. The van der Waals surface area contributed by atoms with E-state index in [1.807, 2.05) is 36.4 Å². The molecule has 0 saturated carbocycles. The van der Waals surface area contributed by atoms with Crippen molar-refractivity contribution >= 4 is 27.3 Å². The van der Waals surface area contributed by atoms with Crippen LogP contribution in [0, 0.1) is 0 Å². The van der Waals surface area contributed by atoms with Gasteiger partial charge in [-0.05, 0) is 51.0 Å². The molecule has 0 aliphatic rings. The van der Waals surface area contributed by atoms with Gasteiger partial charge in [0.15, 0.2) is 0 Å². The molecule has 102 valence electrons. The van der Waals surface area contributed by atoms with Gasteiger partial charge in [0, 0.05) is 0 Å². The van der Waals surface area contributed by atoms with Crippen LogP contribution in [0.1, 0.15) is 5.56 Å². The van der Waals surface area contributed by atoms with Crippen molar-refractivity contribution in [3.63, 3.8) is 0 Å². The maximum Gasteiger partial charge on any atom is 0.214 e. The Kier molecular flexibility index (Phi) is 3.79. The molecule has 0 radical (unpaired) electrons. The van der Waals surface area contributed by atoms with Gasteiger partial charge in [-0.15, -0.1) is 21.5 Å². The van der Waals surface area contributed by atoms with Crippen LogP contribution >= 0.6 is 27.3 Å². The van der Waals surface area contributed by atoms with E-state index in [4.69, 9.17) is 4.74 Å². The number of hydrogen-bond acceptors (Lipinski definition) is 5. The van der Waals surface area contributed by atoms with Gasteiger partial charge in [-0.2, -0.15) is 4.80 Å². The lowest BCUT2D eigenvalue weighted by atomic mass is 10.2. The van der Waals surface area contributed by atoms with Crippen molar-refractivity contribution in [2.75, 3.05) is 7.11 Å². The van der Waals surface area contributed by atoms with Crippen LogP contribution in [0.4, 0.5) is 0 Å². The molecule has 0 saturated heterocycles. The largest absolute Gasteiger partial charge is 0.497 e. The summed E-state index contributed by atoms with van der Waals surface area (Å²) in [5.41, 5.74) is 1.10. The molecule has 0 N–H and O–H groups in total. The zero-order valence-electron chi connectivity index (χ0n) is 10.7. The zero-order valence-corrected chi connectivity index (χ0v) is 13.1. The molecule has 0 atom stereocenters. The van der Waals surface area contributed by atoms with E-state index in [2.05, 4.69) is 31.3 Å². The van der Waals surface area contributed by atoms with Crippen LogP contribution in [-0.4, -0.2) is 27.3 Å². The highest BCUT2D eigenvalue weighted by Gasteiger charge is 2.08. The smallest absolute Gasteiger partial charge is 0.214 e. The standard InChI is InChI=1S/C13H11BrN4OS/c1-19-10-4-2-9(3-5-10)8-18-16-13(15-17-18)11-6-7-12(14)20-11/h2-7H,8H2,1H3. The van der Waals surface area contributed by atoms with E-state index in [0.29, 0.717) is 12.4 Å². The molecular weight excluding hydrogens is 340 g/mol. The van der Waals surface area contributed by atoms with Crippen LogP contribution in [0.2, 0.25) is 0 Å². The Morgan fingerprint density at radius 2 is 2.00 bits per heavy atom. The Morgan fingerprint density at radius 1 is 1.20 bits per heavy atom. The summed E-state index contributed by atoms with van der Waals surface area (Å²) in [6.45, 7) is 0.587. The summed E-state index contributed by atoms with van der Waals surface area (Å²) < 4.78 is 6.18. The minimum atomic E-state index is 0.587. The number of halogens is 1. The van der Waals surface area contributed by atoms with Gasteiger partial charge in [-0.25, -0.2) is 0 Å². The molecule has 5 nitrogen and oxygen atoms in total. The quantitative estimate of drug-likeness (QED) is 0.724. The SMILES string of the molecule is COc1ccc(Cn2nnc(-c3ccc(Br)s3)n2)cc1. The van der Waals surface area contributed by atoms with E-state index in [1.54, 1.807) is 23.2 Å². The number of ether oxygens (including phenoxy) is 1. The van der Waals surface area contributed by atoms with Crippen LogP contribution in [0.25, 0.3) is 10.7 Å². The molecule has 0 spiro atoms. The lowest BCUT2D eigenvalue weighted by Gasteiger charge is -2.02. The maximum atomic E-state index is 5.13. The molecule has 1 aromatic carbocycles. The Morgan fingerprint density at radius 3 is 2.65 bits per heavy atom. The second-order valence-corrected chi connectivity index (χ2v) is 6.56. The first-order chi connectivity index (χ1) is 9.74. The summed E-state index contributed by atoms with van der Waals surface area (Å²) in [7, 11) is 1.65. The number of thiophene rings is 1. The van der Waals surface area contributed by atoms with Crippen molar-refractivity contribution in [3.8, 4) is 16.5 Å². The van der Waals surface area contributed by atoms with E-state index >= 15 is 0 Å². The molecule has 2 aromatic heterocycles. The normalized spacial score (nSPS) is 10.7. The summed E-state index contributed by atoms with van der Waals surface area (Å²) in [6, 6.07) is 11.8. The first-order valence-electron chi connectivity index (χ1n) is 5.91. The maximum absolute atomic E-state index is 5.13. The number of benzene rings is 1. The molecular formula is C13H11BrN4OS. The highest BCUT2D eigenvalue weighted by Crippen LogP contribution is 2.28. The van der Waals surface area contributed by atoms with E-state index in [9.17, 15) is 0 Å². The van der Waals surface area contributed by atoms with Gasteiger partial charge in [0.05, 0.1) is 22.3 Å². The molecule has 0 amide bonds. The van der Waals surface area contributed by atoms with Gasteiger partial charge in [0.25, 0.3) is 0 Å². The summed E-state index contributed by atoms with van der Waals surface area (Å²) in [4.78, 5) is 2.59. The number of methoxy groups -OCH3 is 1. The first kappa shape index (κ1) is 13.3. The molecule has 0 aliphatic carbocycles. The van der Waals surface area contributed by atoms with Crippen LogP contribution in [0.3, 0.4) is 0 Å². The molecule has 0 unspecified atom stereocenters. The predicted octanol–water partition coefficient (Wildman–Crippen LogP) is 3.22. The molecule has 3 rings (SSSR count). The lowest BCUT2D eigenvalue weighted by molar-refractivity contribution is 0.414. The average Bonchev–Trinajstić information content (AvgIpc) is 3.09. The second kappa shape index (κ2) is 5.72. The van der Waals surface area contributed by atoms with Crippen molar-refractivity contribution in [1.82, 2.24) is 20.2 Å². The lowest BCUT2D eigenvalue weighted by Crippen LogP contribution is -2.03. The minimum absolute atomic E-state index is 0.587. The summed E-state index contributed by atoms with van der Waals surface area (Å²) in [5, 5.41) is 12.5. The number of nitrogens with zero attached hydrogens (tertiary/aromatic N) is 4. The monoisotopic (exact) mass is 350 g/mol. The summed E-state index contributed by atoms with van der Waals surface area (Å²) in [6.07, 6.45) is 0. The Bertz CT molecular complexity index is 707. The van der Waals surface area contributed by atoms with E-state index in [0.717, 1.165) is 20.0 Å². The fraction of sp³-hybridized carbons (Fsp3) is 0.154. The number of tetrazole rings is 1. The topological polar surface area (TPSA) is 52.8 Å². The van der Waals surface area contributed by atoms with E-state index in [1.165, 1.54) is 0 Å². The third kappa shape index (κ3) is 2.88. The van der Waals surface area contributed by atoms with Gasteiger partial charge in [0.2, 0.25) is 5.82 Å². The third-order valence-corrected chi connectivity index (χ3v) is 4.35. The Hall–Kier alpha value is -1.73. The highest BCUT2D eigenvalue weighted by molar-refractivity contribution is 9.11. The van der Waals surface area contributed by atoms with Gasteiger partial charge in [-0.1, -0.05) is 12.1 Å². The second-order valence-electron chi connectivity index (χ2n) is 4.10. The van der Waals surface area contributed by atoms with Gasteiger partial charge in [-0.3, -0.25) is 0 Å². The highest BCUT2D eigenvalue weighted by atomic mass is 79.9. The number of rotatable bonds is 4. The minimum Gasteiger partial charge on any atom is -0.497 e.